The van der Waals surface area contributed by atoms with Crippen molar-refractivity contribution >= 4 is 23.5 Å². The lowest BCUT2D eigenvalue weighted by Crippen LogP contribution is -2.49. The summed E-state index contributed by atoms with van der Waals surface area (Å²) < 4.78 is 6.60. The number of carbonyl (C=O) groups excluding carboxylic acids is 3. The van der Waals surface area contributed by atoms with Crippen molar-refractivity contribution in [2.24, 2.45) is 0 Å². The summed E-state index contributed by atoms with van der Waals surface area (Å²) in [6.07, 6.45) is -0.517. The molecule has 1 saturated heterocycles. The molecule has 176 valence electrons. The summed E-state index contributed by atoms with van der Waals surface area (Å²) in [4.78, 5) is 53.2. The van der Waals surface area contributed by atoms with Gasteiger partial charge in [-0.3, -0.25) is 14.4 Å². The van der Waals surface area contributed by atoms with Gasteiger partial charge in [-0.25, -0.2) is 9.55 Å². The largest absolute Gasteiger partial charge is 0.358 e. The highest BCUT2D eigenvalue weighted by Gasteiger charge is 2.51. The standard InChI is InChI=1S/C21H26N6O6/c1-13-23-12-16(27(31)32)26(13)10-9-22-19(28)17-18(33-17)20(29)24-15(21(30)25(2)3)11-14-7-5-4-6-8-14/h4-8,12,15,17-18H,9-11H2,1-3H3,(H,22,28)(H,24,29)/t15-,17-,18-/m0/s1. The molecule has 0 spiro atoms. The lowest BCUT2D eigenvalue weighted by molar-refractivity contribution is -0.392. The predicted molar refractivity (Wildman–Crippen MR) is 116 cm³/mol. The van der Waals surface area contributed by atoms with Crippen LogP contribution in [0, 0.1) is 17.0 Å². The molecule has 3 amide bonds. The molecular formula is C21H26N6O6. The third-order valence-corrected chi connectivity index (χ3v) is 5.20. The molecule has 0 aliphatic carbocycles. The van der Waals surface area contributed by atoms with Gasteiger partial charge < -0.3 is 30.4 Å². The van der Waals surface area contributed by atoms with Gasteiger partial charge in [-0.05, 0) is 10.5 Å². The first-order valence-corrected chi connectivity index (χ1v) is 10.3. The molecule has 1 aromatic heterocycles. The van der Waals surface area contributed by atoms with Crippen LogP contribution in [0.4, 0.5) is 5.82 Å². The fourth-order valence-electron chi connectivity index (χ4n) is 3.40. The summed E-state index contributed by atoms with van der Waals surface area (Å²) in [7, 11) is 3.20. The number of hydrogen-bond donors (Lipinski definition) is 2. The van der Waals surface area contributed by atoms with Crippen LogP contribution in [0.3, 0.4) is 0 Å². The Morgan fingerprint density at radius 3 is 2.52 bits per heavy atom. The molecule has 0 radical (unpaired) electrons. The fraction of sp³-hybridized carbons (Fsp3) is 0.429. The zero-order valence-corrected chi connectivity index (χ0v) is 18.6. The number of rotatable bonds is 10. The van der Waals surface area contributed by atoms with E-state index >= 15 is 0 Å². The van der Waals surface area contributed by atoms with Crippen LogP contribution in [0.15, 0.2) is 36.5 Å². The SMILES string of the molecule is Cc1ncc([N+](=O)[O-])n1CCNC(=O)[C@H]1O[C@@H]1C(=O)N[C@@H](Cc1ccccc1)C(=O)N(C)C. The number of benzene rings is 1. The highest BCUT2D eigenvalue weighted by molar-refractivity contribution is 5.97. The molecule has 1 aliphatic rings. The average molecular weight is 458 g/mol. The highest BCUT2D eigenvalue weighted by atomic mass is 16.6. The lowest BCUT2D eigenvalue weighted by atomic mass is 10.0. The first-order valence-electron chi connectivity index (χ1n) is 10.3. The van der Waals surface area contributed by atoms with Crippen molar-refractivity contribution in [3.63, 3.8) is 0 Å². The molecule has 12 heteroatoms. The lowest BCUT2D eigenvalue weighted by Gasteiger charge is -2.21. The minimum absolute atomic E-state index is 0.0980. The number of carbonyl (C=O) groups is 3. The molecule has 1 fully saturated rings. The third-order valence-electron chi connectivity index (χ3n) is 5.20. The van der Waals surface area contributed by atoms with Crippen molar-refractivity contribution < 1.29 is 24.0 Å². The van der Waals surface area contributed by atoms with Crippen LogP contribution in [0.5, 0.6) is 0 Å². The summed E-state index contributed by atoms with van der Waals surface area (Å²) in [6, 6.07) is 8.47. The Balaban J connectivity index is 1.52. The molecule has 0 bridgehead atoms. The summed E-state index contributed by atoms with van der Waals surface area (Å²) in [5.74, 6) is -1.05. The van der Waals surface area contributed by atoms with Gasteiger partial charge in [-0.2, -0.15) is 0 Å². The summed E-state index contributed by atoms with van der Waals surface area (Å²) in [5.41, 5.74) is 0.882. The molecule has 1 aromatic carbocycles. The molecule has 12 nitrogen and oxygen atoms in total. The van der Waals surface area contributed by atoms with Crippen LogP contribution in [-0.2, 0) is 32.1 Å². The maximum absolute atomic E-state index is 12.6. The number of hydrogen-bond acceptors (Lipinski definition) is 7. The van der Waals surface area contributed by atoms with Crippen LogP contribution in [0.2, 0.25) is 0 Å². The van der Waals surface area contributed by atoms with E-state index in [1.54, 1.807) is 21.0 Å². The van der Waals surface area contributed by atoms with Crippen LogP contribution < -0.4 is 10.6 Å². The molecule has 3 atom stereocenters. The van der Waals surface area contributed by atoms with Gasteiger partial charge in [-0.15, -0.1) is 0 Å². The molecule has 1 aliphatic heterocycles. The quantitative estimate of drug-likeness (QED) is 0.284. The second-order valence-corrected chi connectivity index (χ2v) is 7.82. The van der Waals surface area contributed by atoms with Crippen LogP contribution in [0.1, 0.15) is 11.4 Å². The smallest absolute Gasteiger partial charge is 0.342 e. The number of nitro groups is 1. The van der Waals surface area contributed by atoms with E-state index in [-0.39, 0.29) is 24.8 Å². The van der Waals surface area contributed by atoms with Crippen LogP contribution in [0.25, 0.3) is 0 Å². The van der Waals surface area contributed by atoms with Crippen LogP contribution in [-0.4, -0.2) is 76.0 Å². The number of epoxide rings is 1. The van der Waals surface area contributed by atoms with E-state index in [1.165, 1.54) is 9.47 Å². The Labute approximate surface area is 190 Å². The van der Waals surface area contributed by atoms with Gasteiger partial charge >= 0.3 is 5.82 Å². The van der Waals surface area contributed by atoms with Crippen LogP contribution >= 0.6 is 0 Å². The van der Waals surface area contributed by atoms with Gasteiger partial charge in [0.15, 0.2) is 18.0 Å². The Hall–Kier alpha value is -3.80. The topological polar surface area (TPSA) is 152 Å². The Morgan fingerprint density at radius 1 is 1.21 bits per heavy atom. The van der Waals surface area contributed by atoms with Crippen molar-refractivity contribution in [1.82, 2.24) is 25.1 Å². The van der Waals surface area contributed by atoms with Gasteiger partial charge in [-0.1, -0.05) is 30.3 Å². The van der Waals surface area contributed by atoms with E-state index in [0.29, 0.717) is 12.2 Å². The minimum Gasteiger partial charge on any atom is -0.358 e. The molecule has 0 saturated carbocycles. The van der Waals surface area contributed by atoms with E-state index in [4.69, 9.17) is 4.74 Å². The maximum Gasteiger partial charge on any atom is 0.342 e. The molecule has 2 aromatic rings. The van der Waals surface area contributed by atoms with E-state index < -0.39 is 35.0 Å². The van der Waals surface area contributed by atoms with E-state index in [1.807, 2.05) is 30.3 Å². The van der Waals surface area contributed by atoms with Gasteiger partial charge in [0, 0.05) is 27.4 Å². The second-order valence-electron chi connectivity index (χ2n) is 7.82. The first kappa shape index (κ1) is 23.9. The summed E-state index contributed by atoms with van der Waals surface area (Å²) in [6.45, 7) is 1.87. The molecule has 2 N–H and O–H groups in total. The number of likely N-dealkylation sites (N-methyl/N-ethyl adjacent to an activating group) is 1. The number of aryl methyl sites for hydroxylation is 1. The Bertz CT molecular complexity index is 1040. The number of nitrogens with zero attached hydrogens (tertiary/aromatic N) is 4. The molecule has 0 unspecified atom stereocenters. The zero-order valence-electron chi connectivity index (χ0n) is 18.6. The van der Waals surface area contributed by atoms with E-state index in [2.05, 4.69) is 15.6 Å². The highest BCUT2D eigenvalue weighted by Crippen LogP contribution is 2.23. The molecule has 33 heavy (non-hydrogen) atoms. The third kappa shape index (κ3) is 5.92. The van der Waals surface area contributed by atoms with Crippen molar-refractivity contribution in [2.75, 3.05) is 20.6 Å². The minimum atomic E-state index is -0.998. The number of imidazole rings is 1. The molecule has 2 heterocycles. The monoisotopic (exact) mass is 458 g/mol. The number of nitrogens with one attached hydrogen (secondary N) is 2. The van der Waals surface area contributed by atoms with Gasteiger partial charge in [0.05, 0.1) is 6.54 Å². The number of aromatic nitrogens is 2. The van der Waals surface area contributed by atoms with Crippen molar-refractivity contribution in [2.45, 2.75) is 38.1 Å². The maximum atomic E-state index is 12.6. The number of amides is 3. The van der Waals surface area contributed by atoms with Gasteiger partial charge in [0.25, 0.3) is 11.8 Å². The van der Waals surface area contributed by atoms with E-state index in [0.717, 1.165) is 11.8 Å². The fourth-order valence-corrected chi connectivity index (χ4v) is 3.40. The Morgan fingerprint density at radius 2 is 1.88 bits per heavy atom. The summed E-state index contributed by atoms with van der Waals surface area (Å²) in [5, 5.41) is 16.3. The molecule has 3 rings (SSSR count). The van der Waals surface area contributed by atoms with Crippen molar-refractivity contribution in [3.8, 4) is 0 Å². The zero-order chi connectivity index (χ0) is 24.1. The normalized spacial score (nSPS) is 17.7. The average Bonchev–Trinajstić information content (AvgIpc) is 3.50. The van der Waals surface area contributed by atoms with E-state index in [9.17, 15) is 24.5 Å². The predicted octanol–water partition coefficient (Wildman–Crippen LogP) is -0.201. The van der Waals surface area contributed by atoms with Crippen molar-refractivity contribution in [3.05, 3.63) is 58.0 Å². The van der Waals surface area contributed by atoms with Crippen molar-refractivity contribution in [1.29, 1.82) is 0 Å². The van der Waals surface area contributed by atoms with Gasteiger partial charge in [0.1, 0.15) is 18.8 Å². The second kappa shape index (κ2) is 10.2. The van der Waals surface area contributed by atoms with Gasteiger partial charge in [0.2, 0.25) is 5.91 Å². The first-order chi connectivity index (χ1) is 15.7. The Kier molecular flexibility index (Phi) is 7.38. The summed E-state index contributed by atoms with van der Waals surface area (Å²) >= 11 is 0. The number of ether oxygens (including phenoxy) is 1. The molecular weight excluding hydrogens is 432 g/mol.